The standard InChI is InChI=1S/C16H21N3O2/c1-10-11(2)19-9-17-6-14(19)13-8-18(7-12(10)13)15(20)21-16(3,4)5/h6,9H,7-8H2,1-5H3. The van der Waals surface area contributed by atoms with E-state index in [1.807, 2.05) is 33.3 Å². The summed E-state index contributed by atoms with van der Waals surface area (Å²) >= 11 is 0. The van der Waals surface area contributed by atoms with Gasteiger partial charge in [0.1, 0.15) is 5.60 Å². The Bertz CT molecular complexity index is 725. The number of hydrogen-bond donors (Lipinski definition) is 0. The molecule has 0 atom stereocenters. The van der Waals surface area contributed by atoms with Crippen LogP contribution >= 0.6 is 0 Å². The van der Waals surface area contributed by atoms with Gasteiger partial charge in [0, 0.05) is 11.3 Å². The van der Waals surface area contributed by atoms with Crippen molar-refractivity contribution in [2.24, 2.45) is 0 Å². The normalized spacial score (nSPS) is 14.6. The molecule has 0 saturated heterocycles. The Balaban J connectivity index is 1.98. The molecule has 5 heteroatoms. The average Bonchev–Trinajstić information content (AvgIpc) is 2.99. The molecule has 0 bridgehead atoms. The van der Waals surface area contributed by atoms with Crippen LogP contribution in [0.1, 0.15) is 43.2 Å². The summed E-state index contributed by atoms with van der Waals surface area (Å²) in [7, 11) is 0. The van der Waals surface area contributed by atoms with Crippen molar-refractivity contribution in [3.05, 3.63) is 34.9 Å². The van der Waals surface area contributed by atoms with E-state index < -0.39 is 5.60 Å². The van der Waals surface area contributed by atoms with Crippen molar-refractivity contribution in [3.8, 4) is 0 Å². The quantitative estimate of drug-likeness (QED) is 0.747. The van der Waals surface area contributed by atoms with Gasteiger partial charge in [-0.25, -0.2) is 9.78 Å². The number of aromatic nitrogens is 2. The number of carbonyl (C=O) groups is 1. The maximum atomic E-state index is 12.3. The Morgan fingerprint density at radius 2 is 1.90 bits per heavy atom. The number of fused-ring (bicyclic) bond motifs is 3. The van der Waals surface area contributed by atoms with Crippen molar-refractivity contribution >= 4 is 11.6 Å². The van der Waals surface area contributed by atoms with Crippen molar-refractivity contribution in [1.82, 2.24) is 14.3 Å². The van der Waals surface area contributed by atoms with E-state index in [4.69, 9.17) is 4.74 Å². The number of imidazole rings is 1. The van der Waals surface area contributed by atoms with E-state index in [-0.39, 0.29) is 6.09 Å². The second-order valence-electron chi connectivity index (χ2n) is 6.65. The summed E-state index contributed by atoms with van der Waals surface area (Å²) in [5, 5.41) is 0. The van der Waals surface area contributed by atoms with Crippen LogP contribution in [0.4, 0.5) is 4.79 Å². The smallest absolute Gasteiger partial charge is 0.410 e. The first-order valence-corrected chi connectivity index (χ1v) is 7.19. The fourth-order valence-electron chi connectivity index (χ4n) is 2.85. The van der Waals surface area contributed by atoms with Crippen molar-refractivity contribution in [3.63, 3.8) is 0 Å². The van der Waals surface area contributed by atoms with Crippen LogP contribution in [0.5, 0.6) is 0 Å². The van der Waals surface area contributed by atoms with Crippen LogP contribution in [0, 0.1) is 13.8 Å². The number of ether oxygens (including phenoxy) is 1. The zero-order chi connectivity index (χ0) is 15.4. The van der Waals surface area contributed by atoms with Gasteiger partial charge >= 0.3 is 6.09 Å². The van der Waals surface area contributed by atoms with Gasteiger partial charge in [-0.05, 0) is 45.7 Å². The van der Waals surface area contributed by atoms with E-state index in [0.717, 1.165) is 5.52 Å². The molecule has 0 unspecified atom stereocenters. The summed E-state index contributed by atoms with van der Waals surface area (Å²) in [6.45, 7) is 11.0. The number of hydrogen-bond acceptors (Lipinski definition) is 3. The number of nitrogens with zero attached hydrogens (tertiary/aromatic N) is 3. The van der Waals surface area contributed by atoms with Gasteiger partial charge in [-0.2, -0.15) is 0 Å². The Morgan fingerprint density at radius 1 is 1.24 bits per heavy atom. The SMILES string of the molecule is Cc1c2c(c3cncn3c1C)CN(C(=O)OC(C)(C)C)C2. The first-order chi connectivity index (χ1) is 9.78. The van der Waals surface area contributed by atoms with Crippen LogP contribution in [-0.4, -0.2) is 26.0 Å². The van der Waals surface area contributed by atoms with Crippen molar-refractivity contribution < 1.29 is 9.53 Å². The summed E-state index contributed by atoms with van der Waals surface area (Å²) in [6.07, 6.45) is 3.44. The fraction of sp³-hybridized carbons (Fsp3) is 0.500. The molecule has 21 heavy (non-hydrogen) atoms. The topological polar surface area (TPSA) is 46.8 Å². The van der Waals surface area contributed by atoms with E-state index in [1.165, 1.54) is 22.4 Å². The third kappa shape index (κ3) is 2.26. The van der Waals surface area contributed by atoms with Crippen LogP contribution in [0.15, 0.2) is 12.5 Å². The molecule has 112 valence electrons. The maximum absolute atomic E-state index is 12.3. The fourth-order valence-corrected chi connectivity index (χ4v) is 2.85. The molecular weight excluding hydrogens is 266 g/mol. The monoisotopic (exact) mass is 287 g/mol. The van der Waals surface area contributed by atoms with Crippen molar-refractivity contribution in [2.45, 2.75) is 53.3 Å². The van der Waals surface area contributed by atoms with E-state index >= 15 is 0 Å². The Labute approximate surface area is 124 Å². The zero-order valence-corrected chi connectivity index (χ0v) is 13.2. The van der Waals surface area contributed by atoms with Crippen LogP contribution in [0.3, 0.4) is 0 Å². The first kappa shape index (κ1) is 13.9. The van der Waals surface area contributed by atoms with Crippen LogP contribution in [0.25, 0.3) is 5.52 Å². The van der Waals surface area contributed by atoms with Gasteiger partial charge < -0.3 is 9.14 Å². The number of pyridine rings is 1. The highest BCUT2D eigenvalue weighted by atomic mass is 16.6. The predicted octanol–water partition coefficient (Wildman–Crippen LogP) is 3.20. The third-order valence-electron chi connectivity index (χ3n) is 4.02. The van der Waals surface area contributed by atoms with E-state index in [0.29, 0.717) is 13.1 Å². The van der Waals surface area contributed by atoms with Gasteiger partial charge in [0.15, 0.2) is 0 Å². The Kier molecular flexibility index (Phi) is 2.97. The lowest BCUT2D eigenvalue weighted by Crippen LogP contribution is -2.33. The van der Waals surface area contributed by atoms with Crippen LogP contribution < -0.4 is 0 Å². The highest BCUT2D eigenvalue weighted by Gasteiger charge is 2.30. The largest absolute Gasteiger partial charge is 0.444 e. The minimum absolute atomic E-state index is 0.256. The lowest BCUT2D eigenvalue weighted by molar-refractivity contribution is 0.0242. The van der Waals surface area contributed by atoms with Gasteiger partial charge in [-0.3, -0.25) is 4.90 Å². The average molecular weight is 287 g/mol. The van der Waals surface area contributed by atoms with Gasteiger partial charge in [-0.15, -0.1) is 0 Å². The first-order valence-electron chi connectivity index (χ1n) is 7.19. The third-order valence-corrected chi connectivity index (χ3v) is 4.02. The van der Waals surface area contributed by atoms with Crippen LogP contribution in [-0.2, 0) is 17.8 Å². The molecule has 2 aromatic rings. The highest BCUT2D eigenvalue weighted by Crippen LogP contribution is 2.32. The molecule has 0 saturated carbocycles. The van der Waals surface area contributed by atoms with Gasteiger partial charge in [0.2, 0.25) is 0 Å². The maximum Gasteiger partial charge on any atom is 0.410 e. The minimum Gasteiger partial charge on any atom is -0.444 e. The lowest BCUT2D eigenvalue weighted by Gasteiger charge is -2.24. The molecule has 1 aliphatic rings. The molecule has 0 aliphatic carbocycles. The molecule has 0 fully saturated rings. The summed E-state index contributed by atoms with van der Waals surface area (Å²) < 4.78 is 7.57. The second-order valence-corrected chi connectivity index (χ2v) is 6.65. The molecule has 0 radical (unpaired) electrons. The molecule has 3 heterocycles. The molecule has 5 nitrogen and oxygen atoms in total. The molecule has 0 aromatic carbocycles. The molecule has 2 aromatic heterocycles. The van der Waals surface area contributed by atoms with Gasteiger partial charge in [0.05, 0.1) is 31.1 Å². The van der Waals surface area contributed by atoms with Crippen LogP contribution in [0.2, 0.25) is 0 Å². The number of aryl methyl sites for hydroxylation is 1. The number of rotatable bonds is 0. The highest BCUT2D eigenvalue weighted by molar-refractivity contribution is 5.72. The van der Waals surface area contributed by atoms with E-state index in [9.17, 15) is 4.79 Å². The Hall–Kier alpha value is -2.04. The molecular formula is C16H21N3O2. The van der Waals surface area contributed by atoms with E-state index in [2.05, 4.69) is 23.2 Å². The van der Waals surface area contributed by atoms with Crippen molar-refractivity contribution in [2.75, 3.05) is 0 Å². The molecule has 1 amide bonds. The molecule has 1 aliphatic heterocycles. The molecule has 3 rings (SSSR count). The second kappa shape index (κ2) is 4.48. The van der Waals surface area contributed by atoms with Crippen molar-refractivity contribution in [1.29, 1.82) is 0 Å². The Morgan fingerprint density at radius 3 is 2.57 bits per heavy atom. The summed E-state index contributed by atoms with van der Waals surface area (Å²) in [6, 6.07) is 0. The molecule has 0 N–H and O–H groups in total. The van der Waals surface area contributed by atoms with Gasteiger partial charge in [-0.1, -0.05) is 0 Å². The summed E-state index contributed by atoms with van der Waals surface area (Å²) in [5.74, 6) is 0. The predicted molar refractivity (Wildman–Crippen MR) is 80.1 cm³/mol. The number of carbonyl (C=O) groups excluding carboxylic acids is 1. The minimum atomic E-state index is -0.469. The summed E-state index contributed by atoms with van der Waals surface area (Å²) in [4.78, 5) is 18.3. The molecule has 0 spiro atoms. The number of amides is 1. The van der Waals surface area contributed by atoms with E-state index in [1.54, 1.807) is 4.90 Å². The zero-order valence-electron chi connectivity index (χ0n) is 13.2. The lowest BCUT2D eigenvalue weighted by atomic mass is 10.0. The van der Waals surface area contributed by atoms with Gasteiger partial charge in [0.25, 0.3) is 0 Å². The summed E-state index contributed by atoms with van der Waals surface area (Å²) in [5.41, 5.74) is 5.42.